The van der Waals surface area contributed by atoms with Gasteiger partial charge in [-0.1, -0.05) is 42.5 Å². The van der Waals surface area contributed by atoms with Gasteiger partial charge in [-0.15, -0.1) is 0 Å². The van der Waals surface area contributed by atoms with Gasteiger partial charge >= 0.3 is 6.18 Å². The number of rotatable bonds is 8. The van der Waals surface area contributed by atoms with E-state index in [1.807, 2.05) is 18.2 Å². The van der Waals surface area contributed by atoms with Crippen LogP contribution < -0.4 is 14.8 Å². The van der Waals surface area contributed by atoms with Crippen LogP contribution in [-0.2, 0) is 6.18 Å². The molecule has 1 N–H and O–H groups in total. The van der Waals surface area contributed by atoms with Gasteiger partial charge in [-0.2, -0.15) is 13.2 Å². The average Bonchev–Trinajstić information content (AvgIpc) is 2.64. The number of ether oxygens (including phenoxy) is 2. The lowest BCUT2D eigenvalue weighted by Crippen LogP contribution is -2.09. The van der Waals surface area contributed by atoms with Crippen molar-refractivity contribution in [2.45, 2.75) is 6.18 Å². The Morgan fingerprint density at radius 1 is 1.25 bits per heavy atom. The number of methoxy groups -OCH3 is 1. The maximum Gasteiger partial charge on any atom is 0.420 e. The zero-order valence-corrected chi connectivity index (χ0v) is 15.6. The van der Waals surface area contributed by atoms with Crippen LogP contribution in [0.4, 0.5) is 24.8 Å². The van der Waals surface area contributed by atoms with Crippen molar-refractivity contribution < 1.29 is 22.6 Å². The quantitative estimate of drug-likeness (QED) is 0.454. The van der Waals surface area contributed by atoms with Gasteiger partial charge in [0, 0.05) is 12.3 Å². The number of anilines is 2. The zero-order valence-electron chi connectivity index (χ0n) is 14.8. The molecule has 0 aliphatic rings. The second-order valence-corrected chi connectivity index (χ2v) is 5.60. The number of halogens is 4. The van der Waals surface area contributed by atoms with Crippen molar-refractivity contribution >= 4 is 23.2 Å². The summed E-state index contributed by atoms with van der Waals surface area (Å²) in [7, 11) is 1.45. The van der Waals surface area contributed by atoms with E-state index in [2.05, 4.69) is 21.9 Å². The summed E-state index contributed by atoms with van der Waals surface area (Å²) in [6.07, 6.45) is 4.90. The van der Waals surface area contributed by atoms with Gasteiger partial charge in [-0.25, -0.2) is 9.97 Å². The minimum atomic E-state index is -4.62. The van der Waals surface area contributed by atoms with E-state index in [-0.39, 0.29) is 5.95 Å². The van der Waals surface area contributed by atoms with Gasteiger partial charge in [0.15, 0.2) is 0 Å². The molecule has 1 aromatic heterocycles. The van der Waals surface area contributed by atoms with Crippen LogP contribution in [0.3, 0.4) is 0 Å². The smallest absolute Gasteiger partial charge is 0.420 e. The van der Waals surface area contributed by atoms with Crippen molar-refractivity contribution in [3.63, 3.8) is 0 Å². The Labute approximate surface area is 165 Å². The fraction of sp³-hybridized carbons (Fsp3) is 0.158. The topological polar surface area (TPSA) is 56.3 Å². The first-order valence-corrected chi connectivity index (χ1v) is 8.34. The highest BCUT2D eigenvalue weighted by molar-refractivity contribution is 6.30. The van der Waals surface area contributed by atoms with Crippen LogP contribution in [0.2, 0.25) is 5.15 Å². The van der Waals surface area contributed by atoms with Crippen LogP contribution in [0.25, 0.3) is 0 Å². The molecule has 0 bridgehead atoms. The Morgan fingerprint density at radius 3 is 2.68 bits per heavy atom. The molecule has 0 aliphatic carbocycles. The SMILES string of the molecule is C=CC=CC=CCOc1ccc(Nc2ncc(C(F)(F)F)c(Cl)n2)c(OC)c1. The highest BCUT2D eigenvalue weighted by Crippen LogP contribution is 2.35. The summed E-state index contributed by atoms with van der Waals surface area (Å²) in [5.41, 5.74) is -0.665. The van der Waals surface area contributed by atoms with Gasteiger partial charge in [0.05, 0.1) is 12.8 Å². The highest BCUT2D eigenvalue weighted by atomic mass is 35.5. The lowest BCUT2D eigenvalue weighted by molar-refractivity contribution is -0.137. The number of nitrogens with one attached hydrogen (secondary N) is 1. The van der Waals surface area contributed by atoms with Crippen molar-refractivity contribution in [1.29, 1.82) is 0 Å². The number of alkyl halides is 3. The Hall–Kier alpha value is -3.00. The van der Waals surface area contributed by atoms with Gasteiger partial charge in [0.2, 0.25) is 5.95 Å². The van der Waals surface area contributed by atoms with E-state index >= 15 is 0 Å². The molecule has 0 saturated heterocycles. The average molecular weight is 412 g/mol. The number of hydrogen-bond donors (Lipinski definition) is 1. The van der Waals surface area contributed by atoms with Crippen molar-refractivity contribution in [1.82, 2.24) is 9.97 Å². The van der Waals surface area contributed by atoms with Crippen LogP contribution in [0.1, 0.15) is 5.56 Å². The third kappa shape index (κ3) is 6.02. The van der Waals surface area contributed by atoms with Gasteiger partial charge in [0.25, 0.3) is 0 Å². The van der Waals surface area contributed by atoms with Crippen molar-refractivity contribution in [3.05, 3.63) is 72.1 Å². The van der Waals surface area contributed by atoms with Gasteiger partial charge in [0.1, 0.15) is 28.8 Å². The van der Waals surface area contributed by atoms with Crippen molar-refractivity contribution in [2.75, 3.05) is 19.0 Å². The molecule has 0 radical (unpaired) electrons. The molecule has 0 atom stereocenters. The first-order valence-electron chi connectivity index (χ1n) is 7.97. The molecule has 0 fully saturated rings. The molecule has 0 aliphatic heterocycles. The Morgan fingerprint density at radius 2 is 2.04 bits per heavy atom. The summed E-state index contributed by atoms with van der Waals surface area (Å²) in [5.74, 6) is 0.848. The van der Waals surface area contributed by atoms with Crippen molar-refractivity contribution in [3.8, 4) is 11.5 Å². The molecule has 2 rings (SSSR count). The lowest BCUT2D eigenvalue weighted by Gasteiger charge is -2.13. The summed E-state index contributed by atoms with van der Waals surface area (Å²) in [6.45, 7) is 3.91. The maximum atomic E-state index is 12.7. The first kappa shape index (κ1) is 21.3. The maximum absolute atomic E-state index is 12.7. The largest absolute Gasteiger partial charge is 0.494 e. The molecule has 1 aromatic carbocycles. The predicted octanol–water partition coefficient (Wildman–Crippen LogP) is 5.58. The summed E-state index contributed by atoms with van der Waals surface area (Å²) >= 11 is 5.60. The molecule has 0 amide bonds. The molecule has 1 heterocycles. The van der Waals surface area contributed by atoms with E-state index in [0.717, 1.165) is 0 Å². The molecule has 2 aromatic rings. The minimum absolute atomic E-state index is 0.0955. The summed E-state index contributed by atoms with van der Waals surface area (Å²) < 4.78 is 49.0. The fourth-order valence-corrected chi connectivity index (χ4v) is 2.25. The molecule has 0 spiro atoms. The monoisotopic (exact) mass is 411 g/mol. The molecular formula is C19H17ClF3N3O2. The Bertz CT molecular complexity index is 883. The van der Waals surface area contributed by atoms with Crippen molar-refractivity contribution in [2.24, 2.45) is 0 Å². The van der Waals surface area contributed by atoms with Crippen LogP contribution in [0.5, 0.6) is 11.5 Å². The molecule has 0 unspecified atom stereocenters. The number of nitrogens with zero attached hydrogens (tertiary/aromatic N) is 2. The molecule has 0 saturated carbocycles. The second kappa shape index (κ2) is 9.80. The lowest BCUT2D eigenvalue weighted by atomic mass is 10.2. The van der Waals surface area contributed by atoms with E-state index in [1.165, 1.54) is 7.11 Å². The van der Waals surface area contributed by atoms with Gasteiger partial charge in [-0.05, 0) is 18.2 Å². The second-order valence-electron chi connectivity index (χ2n) is 5.24. The Kier molecular flexibility index (Phi) is 7.45. The third-order valence-corrected chi connectivity index (χ3v) is 3.60. The number of benzene rings is 1. The van der Waals surface area contributed by atoms with E-state index in [9.17, 15) is 13.2 Å². The summed E-state index contributed by atoms with van der Waals surface area (Å²) in [5, 5.41) is 2.08. The molecule has 5 nitrogen and oxygen atoms in total. The van der Waals surface area contributed by atoms with E-state index in [1.54, 1.807) is 30.4 Å². The van der Waals surface area contributed by atoms with Crippen LogP contribution in [0, 0.1) is 0 Å². The number of allylic oxidation sites excluding steroid dienone is 4. The van der Waals surface area contributed by atoms with E-state index < -0.39 is 16.9 Å². The molecular weight excluding hydrogens is 395 g/mol. The Balaban J connectivity index is 2.10. The fourth-order valence-electron chi connectivity index (χ4n) is 2.02. The molecule has 9 heteroatoms. The van der Waals surface area contributed by atoms with Gasteiger partial charge < -0.3 is 14.8 Å². The normalized spacial score (nSPS) is 11.8. The predicted molar refractivity (Wildman–Crippen MR) is 102 cm³/mol. The minimum Gasteiger partial charge on any atom is -0.494 e. The zero-order chi connectivity index (χ0) is 20.6. The number of aromatic nitrogens is 2. The van der Waals surface area contributed by atoms with Crippen LogP contribution >= 0.6 is 11.6 Å². The molecule has 148 valence electrons. The third-order valence-electron chi connectivity index (χ3n) is 3.31. The number of hydrogen-bond acceptors (Lipinski definition) is 5. The molecule has 28 heavy (non-hydrogen) atoms. The standard InChI is InChI=1S/C19H17ClF3N3O2/c1-3-4-5-6-7-10-28-13-8-9-15(16(11-13)27-2)25-18-24-12-14(17(20)26-18)19(21,22)23/h3-9,11-12H,1,10H2,2H3,(H,24,25,26). The van der Waals surface area contributed by atoms with Crippen LogP contribution in [0.15, 0.2) is 61.4 Å². The summed E-state index contributed by atoms with van der Waals surface area (Å²) in [6, 6.07) is 4.93. The van der Waals surface area contributed by atoms with E-state index in [4.69, 9.17) is 21.1 Å². The van der Waals surface area contributed by atoms with Crippen LogP contribution in [-0.4, -0.2) is 23.7 Å². The first-order chi connectivity index (χ1) is 13.3. The van der Waals surface area contributed by atoms with Gasteiger partial charge in [-0.3, -0.25) is 0 Å². The highest BCUT2D eigenvalue weighted by Gasteiger charge is 2.34. The van der Waals surface area contributed by atoms with E-state index in [0.29, 0.717) is 30.0 Å². The summed E-state index contributed by atoms with van der Waals surface area (Å²) in [4.78, 5) is 7.28.